The number of hydrogen-bond donors (Lipinski definition) is 0. The molecule has 4 heavy (non-hydrogen) atoms. The van der Waals surface area contributed by atoms with Gasteiger partial charge >= 0.3 is 0 Å². The van der Waals surface area contributed by atoms with Crippen LogP contribution in [0.3, 0.4) is 0 Å². The van der Waals surface area contributed by atoms with Gasteiger partial charge < -0.3 is 0 Å². The summed E-state index contributed by atoms with van der Waals surface area (Å²) in [5.41, 5.74) is 0. The third-order valence-corrected chi connectivity index (χ3v) is 0. The summed E-state index contributed by atoms with van der Waals surface area (Å²) in [6.07, 6.45) is 0. The Hall–Kier alpha value is 2.20. The van der Waals surface area contributed by atoms with Gasteiger partial charge in [0.2, 0.25) is 0 Å². The first-order valence-corrected chi connectivity index (χ1v) is 0. The van der Waals surface area contributed by atoms with Gasteiger partial charge in [-0.05, 0) is 0 Å². The van der Waals surface area contributed by atoms with E-state index in [2.05, 4.69) is 0 Å². The van der Waals surface area contributed by atoms with Crippen LogP contribution in [0, 0.1) is 0 Å². The first kappa shape index (κ1) is 34.6. The number of hydrogen-bond acceptors (Lipinski definition) is 0. The second kappa shape index (κ2) is 19.0. The minimum absolute atomic E-state index is 0. The van der Waals surface area contributed by atoms with Crippen molar-refractivity contribution >= 4 is 21.9 Å². The molecular formula is Si2Zr2. The first-order chi connectivity index (χ1) is 0. The van der Waals surface area contributed by atoms with Gasteiger partial charge in [0.05, 0.1) is 0 Å². The average molecular weight is 239 g/mol. The van der Waals surface area contributed by atoms with Gasteiger partial charge in [-0.15, -0.1) is 0 Å². The molecule has 0 atom stereocenters. The predicted molar refractivity (Wildman–Crippen MR) is 11.5 cm³/mol. The third-order valence-electron chi connectivity index (χ3n) is 0. The maximum atomic E-state index is 0. The Bertz CT molecular complexity index is 4.00. The van der Waals surface area contributed by atoms with Gasteiger partial charge in [-0.3, -0.25) is 0 Å². The Kier molecular flexibility index (Phi) is 164. The summed E-state index contributed by atoms with van der Waals surface area (Å²) >= 11 is 0. The van der Waals surface area contributed by atoms with E-state index < -0.39 is 0 Å². The molecule has 16 valence electrons. The van der Waals surface area contributed by atoms with Crippen LogP contribution in [0.25, 0.3) is 0 Å². The van der Waals surface area contributed by atoms with Crippen molar-refractivity contribution in [3.63, 3.8) is 0 Å². The van der Waals surface area contributed by atoms with Gasteiger partial charge in [-0.25, -0.2) is 0 Å². The van der Waals surface area contributed by atoms with E-state index in [9.17, 15) is 0 Å². The topological polar surface area (TPSA) is 0 Å². The van der Waals surface area contributed by atoms with Crippen LogP contribution in [-0.4, -0.2) is 21.9 Å². The van der Waals surface area contributed by atoms with Gasteiger partial charge in [0.25, 0.3) is 0 Å². The summed E-state index contributed by atoms with van der Waals surface area (Å²) in [5, 5.41) is 0. The first-order valence-electron chi connectivity index (χ1n) is 0. The van der Waals surface area contributed by atoms with Gasteiger partial charge in [-0.2, -0.15) is 0 Å². The van der Waals surface area contributed by atoms with Crippen molar-refractivity contribution in [2.45, 2.75) is 0 Å². The van der Waals surface area contributed by atoms with E-state index in [1.807, 2.05) is 0 Å². The monoisotopic (exact) mass is 236 g/mol. The van der Waals surface area contributed by atoms with Crippen LogP contribution in [-0.2, 0) is 52.4 Å². The molecule has 8 radical (unpaired) electrons. The largest absolute Gasteiger partial charge is 0 e. The summed E-state index contributed by atoms with van der Waals surface area (Å²) in [6.45, 7) is 0. The van der Waals surface area contributed by atoms with Crippen molar-refractivity contribution in [1.29, 1.82) is 0 Å². The quantitative estimate of drug-likeness (QED) is 0.487. The van der Waals surface area contributed by atoms with Crippen LogP contribution in [0.1, 0.15) is 0 Å². The zero-order valence-corrected chi connectivity index (χ0v) is 8.92. The van der Waals surface area contributed by atoms with Crippen molar-refractivity contribution in [3.8, 4) is 0 Å². The standard InChI is InChI=1S/2Si.2Zr. The van der Waals surface area contributed by atoms with Gasteiger partial charge in [0.1, 0.15) is 0 Å². The van der Waals surface area contributed by atoms with Crippen LogP contribution in [0.2, 0.25) is 0 Å². The maximum Gasteiger partial charge on any atom is 0 e. The molecule has 0 aliphatic heterocycles. The fraction of sp³-hybridized carbons (Fsp3) is 0. The molecular weight excluding hydrogens is 239 g/mol. The Balaban J connectivity index is 0. The SMILES string of the molecule is [Si].[Si].[Zr].[Zr]. The molecule has 0 spiro atoms. The Morgan fingerprint density at radius 1 is 0.500 bits per heavy atom. The van der Waals surface area contributed by atoms with E-state index >= 15 is 0 Å². The van der Waals surface area contributed by atoms with Crippen molar-refractivity contribution < 1.29 is 52.4 Å². The minimum Gasteiger partial charge on any atom is 0 e. The molecule has 0 fully saturated rings. The van der Waals surface area contributed by atoms with E-state index in [0.717, 1.165) is 0 Å². The van der Waals surface area contributed by atoms with Gasteiger partial charge in [0.15, 0.2) is 0 Å². The fourth-order valence-electron chi connectivity index (χ4n) is 0. The Labute approximate surface area is 73.4 Å². The van der Waals surface area contributed by atoms with E-state index in [4.69, 9.17) is 0 Å². The zero-order chi connectivity index (χ0) is 0. The van der Waals surface area contributed by atoms with Crippen molar-refractivity contribution in [1.82, 2.24) is 0 Å². The Morgan fingerprint density at radius 2 is 0.500 bits per heavy atom. The van der Waals surface area contributed by atoms with Crippen molar-refractivity contribution in [2.24, 2.45) is 0 Å². The summed E-state index contributed by atoms with van der Waals surface area (Å²) in [5.74, 6) is 0. The molecule has 0 aliphatic rings. The summed E-state index contributed by atoms with van der Waals surface area (Å²) in [7, 11) is 0. The van der Waals surface area contributed by atoms with Gasteiger partial charge in [0, 0.05) is 74.3 Å². The summed E-state index contributed by atoms with van der Waals surface area (Å²) in [4.78, 5) is 0. The smallest absolute Gasteiger partial charge is 0 e. The third kappa shape index (κ3) is 8.89. The fourth-order valence-corrected chi connectivity index (χ4v) is 0. The van der Waals surface area contributed by atoms with Crippen LogP contribution >= 0.6 is 0 Å². The molecule has 0 saturated carbocycles. The molecule has 0 bridgehead atoms. The molecule has 0 nitrogen and oxygen atoms in total. The van der Waals surface area contributed by atoms with Crippen molar-refractivity contribution in [3.05, 3.63) is 0 Å². The summed E-state index contributed by atoms with van der Waals surface area (Å²) in [6, 6.07) is 0. The number of rotatable bonds is 0. The second-order valence-corrected chi connectivity index (χ2v) is 0. The van der Waals surface area contributed by atoms with E-state index in [-0.39, 0.29) is 74.3 Å². The average Bonchev–Trinajstić information content (AvgIpc) is 0. The zero-order valence-electron chi connectivity index (χ0n) is 2.00. The molecule has 0 rings (SSSR count). The van der Waals surface area contributed by atoms with Crippen LogP contribution in [0.4, 0.5) is 0 Å². The van der Waals surface area contributed by atoms with E-state index in [1.165, 1.54) is 0 Å². The Morgan fingerprint density at radius 3 is 0.500 bits per heavy atom. The molecule has 4 heteroatoms. The minimum atomic E-state index is 0. The molecule has 0 N–H and O–H groups in total. The normalized spacial score (nSPS) is 0. The molecule has 0 aromatic rings. The molecule has 0 unspecified atom stereocenters. The molecule has 0 heterocycles. The van der Waals surface area contributed by atoms with Crippen LogP contribution in [0.5, 0.6) is 0 Å². The summed E-state index contributed by atoms with van der Waals surface area (Å²) < 4.78 is 0. The second-order valence-electron chi connectivity index (χ2n) is 0. The molecule has 0 aromatic heterocycles. The predicted octanol–water partition coefficient (Wildman–Crippen LogP) is -0.767. The molecule has 0 amide bonds. The van der Waals surface area contributed by atoms with Crippen molar-refractivity contribution in [2.75, 3.05) is 0 Å². The molecule has 0 aromatic carbocycles. The van der Waals surface area contributed by atoms with E-state index in [1.54, 1.807) is 0 Å². The molecule has 0 aliphatic carbocycles. The van der Waals surface area contributed by atoms with E-state index in [0.29, 0.717) is 0 Å². The molecule has 0 saturated heterocycles. The van der Waals surface area contributed by atoms with Crippen LogP contribution < -0.4 is 0 Å². The van der Waals surface area contributed by atoms with Gasteiger partial charge in [-0.1, -0.05) is 0 Å². The van der Waals surface area contributed by atoms with Crippen LogP contribution in [0.15, 0.2) is 0 Å². The maximum absolute atomic E-state index is 0.